The molecule has 7 heteroatoms. The molecule has 0 saturated heterocycles. The molecule has 3 N–H and O–H groups in total. The van der Waals surface area contributed by atoms with Crippen molar-refractivity contribution in [1.82, 2.24) is 0 Å². The molecule has 0 atom stereocenters. The third-order valence-corrected chi connectivity index (χ3v) is 2.21. The number of aliphatic hydroxyl groups is 1. The van der Waals surface area contributed by atoms with E-state index in [0.717, 1.165) is 0 Å². The Labute approximate surface area is 122 Å². The van der Waals surface area contributed by atoms with Gasteiger partial charge < -0.3 is 19.7 Å². The van der Waals surface area contributed by atoms with Crippen LogP contribution in [0.4, 0.5) is 10.5 Å². The van der Waals surface area contributed by atoms with Crippen LogP contribution in [0.25, 0.3) is 0 Å². The highest BCUT2D eigenvalue weighted by Gasteiger charge is 2.18. The van der Waals surface area contributed by atoms with Crippen molar-refractivity contribution in [3.63, 3.8) is 0 Å². The van der Waals surface area contributed by atoms with Crippen LogP contribution >= 0.6 is 0 Å². The molecule has 0 unspecified atom stereocenters. The van der Waals surface area contributed by atoms with Crippen molar-refractivity contribution in [3.05, 3.63) is 23.8 Å². The number of amides is 1. The first-order chi connectivity index (χ1) is 9.73. The summed E-state index contributed by atoms with van der Waals surface area (Å²) >= 11 is 0. The monoisotopic (exact) mass is 297 g/mol. The Hall–Kier alpha value is -2.28. The number of anilines is 1. The van der Waals surface area contributed by atoms with Gasteiger partial charge in [-0.15, -0.1) is 0 Å². The number of aliphatic hydroxyl groups excluding tert-OH is 1. The standard InChI is InChI=1S/C14H19NO6/c1-14(2,3)21-13(19)15-10-5-4-9(12(17)18)8-11(10)20-7-6-16/h4-5,8,16H,6-7H2,1-3H3,(H,15,19)(H,17,18). The van der Waals surface area contributed by atoms with E-state index in [1.54, 1.807) is 20.8 Å². The summed E-state index contributed by atoms with van der Waals surface area (Å²) in [4.78, 5) is 22.6. The number of ether oxygens (including phenoxy) is 2. The SMILES string of the molecule is CC(C)(C)OC(=O)Nc1ccc(C(=O)O)cc1OCCO. The summed E-state index contributed by atoms with van der Waals surface area (Å²) in [5.74, 6) is -0.970. The maximum Gasteiger partial charge on any atom is 0.412 e. The first-order valence-corrected chi connectivity index (χ1v) is 6.34. The normalized spacial score (nSPS) is 10.9. The van der Waals surface area contributed by atoms with Crippen LogP contribution in [0.2, 0.25) is 0 Å². The number of aromatic carboxylic acids is 1. The molecule has 1 aromatic carbocycles. The minimum absolute atomic E-state index is 0.0117. The van der Waals surface area contributed by atoms with Crippen molar-refractivity contribution >= 4 is 17.7 Å². The number of rotatable bonds is 5. The fourth-order valence-electron chi connectivity index (χ4n) is 1.45. The molecule has 21 heavy (non-hydrogen) atoms. The maximum absolute atomic E-state index is 11.7. The van der Waals surface area contributed by atoms with Gasteiger partial charge in [-0.3, -0.25) is 5.32 Å². The molecule has 0 heterocycles. The summed E-state index contributed by atoms with van der Waals surface area (Å²) in [6, 6.07) is 4.01. The molecule has 0 aliphatic heterocycles. The second-order valence-corrected chi connectivity index (χ2v) is 5.22. The summed E-state index contributed by atoms with van der Waals surface area (Å²) in [6.45, 7) is 4.92. The highest BCUT2D eigenvalue weighted by Crippen LogP contribution is 2.26. The van der Waals surface area contributed by atoms with Gasteiger partial charge >= 0.3 is 12.1 Å². The van der Waals surface area contributed by atoms with Crippen molar-refractivity contribution in [2.75, 3.05) is 18.5 Å². The van der Waals surface area contributed by atoms with Crippen molar-refractivity contribution in [2.24, 2.45) is 0 Å². The van der Waals surface area contributed by atoms with Gasteiger partial charge in [-0.25, -0.2) is 9.59 Å². The minimum atomic E-state index is -1.12. The Balaban J connectivity index is 2.94. The zero-order valence-electron chi connectivity index (χ0n) is 12.2. The topological polar surface area (TPSA) is 105 Å². The molecule has 0 aliphatic rings. The lowest BCUT2D eigenvalue weighted by Gasteiger charge is -2.20. The van der Waals surface area contributed by atoms with Crippen molar-refractivity contribution in [2.45, 2.75) is 26.4 Å². The maximum atomic E-state index is 11.7. The molecule has 0 aliphatic carbocycles. The Kier molecular flexibility index (Phi) is 5.54. The van der Waals surface area contributed by atoms with Crippen molar-refractivity contribution in [3.8, 4) is 5.75 Å². The Morgan fingerprint density at radius 3 is 2.48 bits per heavy atom. The summed E-state index contributed by atoms with van der Waals surface area (Å²) in [6.07, 6.45) is -0.681. The number of carbonyl (C=O) groups is 2. The fourth-order valence-corrected chi connectivity index (χ4v) is 1.45. The van der Waals surface area contributed by atoms with E-state index in [0.29, 0.717) is 0 Å². The number of benzene rings is 1. The van der Waals surface area contributed by atoms with Gasteiger partial charge in [0.2, 0.25) is 0 Å². The van der Waals surface area contributed by atoms with Crippen LogP contribution in [-0.2, 0) is 4.74 Å². The van der Waals surface area contributed by atoms with Crippen LogP contribution in [0.1, 0.15) is 31.1 Å². The molecule has 1 rings (SSSR count). The third kappa shape index (κ3) is 5.70. The third-order valence-electron chi connectivity index (χ3n) is 2.21. The van der Waals surface area contributed by atoms with Crippen molar-refractivity contribution in [1.29, 1.82) is 0 Å². The predicted octanol–water partition coefficient (Wildman–Crippen LogP) is 2.10. The van der Waals surface area contributed by atoms with Crippen LogP contribution in [0.3, 0.4) is 0 Å². The van der Waals surface area contributed by atoms with Crippen LogP contribution in [-0.4, -0.2) is 41.1 Å². The number of hydrogen-bond donors (Lipinski definition) is 3. The van der Waals surface area contributed by atoms with E-state index in [1.807, 2.05) is 0 Å². The summed E-state index contributed by atoms with van der Waals surface area (Å²) in [7, 11) is 0. The van der Waals surface area contributed by atoms with Crippen LogP contribution in [0.15, 0.2) is 18.2 Å². The van der Waals surface area contributed by atoms with Gasteiger partial charge in [0.05, 0.1) is 17.9 Å². The van der Waals surface area contributed by atoms with E-state index in [-0.39, 0.29) is 30.2 Å². The minimum Gasteiger partial charge on any atom is -0.489 e. The number of carboxylic acid groups (broad SMARTS) is 1. The average Bonchev–Trinajstić information content (AvgIpc) is 2.34. The molecular formula is C14H19NO6. The molecule has 7 nitrogen and oxygen atoms in total. The summed E-state index contributed by atoms with van der Waals surface area (Å²) in [5, 5.41) is 20.2. The molecular weight excluding hydrogens is 278 g/mol. The first kappa shape index (κ1) is 16.8. The first-order valence-electron chi connectivity index (χ1n) is 6.34. The molecule has 0 fully saturated rings. The highest BCUT2D eigenvalue weighted by molar-refractivity contribution is 5.92. The lowest BCUT2D eigenvalue weighted by atomic mass is 10.2. The van der Waals surface area contributed by atoms with Crippen molar-refractivity contribution < 1.29 is 29.3 Å². The highest BCUT2D eigenvalue weighted by atomic mass is 16.6. The average molecular weight is 297 g/mol. The number of hydrogen-bond acceptors (Lipinski definition) is 5. The van der Waals surface area contributed by atoms with E-state index >= 15 is 0 Å². The fraction of sp³-hybridized carbons (Fsp3) is 0.429. The molecule has 0 bridgehead atoms. The summed E-state index contributed by atoms with van der Waals surface area (Å²) in [5.41, 5.74) is -0.377. The summed E-state index contributed by atoms with van der Waals surface area (Å²) < 4.78 is 10.3. The van der Waals surface area contributed by atoms with E-state index in [2.05, 4.69) is 5.32 Å². The molecule has 0 spiro atoms. The zero-order valence-corrected chi connectivity index (χ0v) is 12.2. The van der Waals surface area contributed by atoms with Gasteiger partial charge in [-0.2, -0.15) is 0 Å². The molecule has 0 aromatic heterocycles. The van der Waals surface area contributed by atoms with Gasteiger partial charge in [0.1, 0.15) is 18.0 Å². The molecule has 0 radical (unpaired) electrons. The number of carbonyl (C=O) groups excluding carboxylic acids is 1. The van der Waals surface area contributed by atoms with E-state index < -0.39 is 17.7 Å². The lowest BCUT2D eigenvalue weighted by molar-refractivity contribution is 0.0634. The lowest BCUT2D eigenvalue weighted by Crippen LogP contribution is -2.27. The largest absolute Gasteiger partial charge is 0.489 e. The predicted molar refractivity (Wildman–Crippen MR) is 75.8 cm³/mol. The van der Waals surface area contributed by atoms with Crippen LogP contribution < -0.4 is 10.1 Å². The molecule has 116 valence electrons. The van der Waals surface area contributed by atoms with Gasteiger partial charge in [0.25, 0.3) is 0 Å². The van der Waals surface area contributed by atoms with E-state index in [9.17, 15) is 9.59 Å². The Morgan fingerprint density at radius 1 is 1.29 bits per heavy atom. The van der Waals surface area contributed by atoms with E-state index in [4.69, 9.17) is 19.7 Å². The smallest absolute Gasteiger partial charge is 0.412 e. The van der Waals surface area contributed by atoms with Crippen LogP contribution in [0, 0.1) is 0 Å². The van der Waals surface area contributed by atoms with E-state index in [1.165, 1.54) is 18.2 Å². The Morgan fingerprint density at radius 2 is 1.95 bits per heavy atom. The van der Waals surface area contributed by atoms with Gasteiger partial charge in [-0.1, -0.05) is 0 Å². The van der Waals surface area contributed by atoms with Gasteiger partial charge in [0.15, 0.2) is 0 Å². The van der Waals surface area contributed by atoms with Crippen LogP contribution in [0.5, 0.6) is 5.75 Å². The zero-order chi connectivity index (χ0) is 16.0. The second kappa shape index (κ2) is 6.94. The molecule has 1 aromatic rings. The quantitative estimate of drug-likeness (QED) is 0.768. The number of carboxylic acids is 1. The van der Waals surface area contributed by atoms with Gasteiger partial charge in [0, 0.05) is 0 Å². The second-order valence-electron chi connectivity index (χ2n) is 5.22. The molecule has 1 amide bonds. The molecule has 0 saturated carbocycles. The number of nitrogens with one attached hydrogen (secondary N) is 1. The Bertz CT molecular complexity index is 521. The van der Waals surface area contributed by atoms with Gasteiger partial charge in [-0.05, 0) is 39.0 Å².